The molecule has 0 aliphatic rings. The van der Waals surface area contributed by atoms with Gasteiger partial charge in [0.05, 0.1) is 5.39 Å². The third-order valence-electron chi connectivity index (χ3n) is 2.76. The second kappa shape index (κ2) is 5.26. The zero-order valence-electron chi connectivity index (χ0n) is 10.7. The quantitative estimate of drug-likeness (QED) is 0.579. The lowest BCUT2D eigenvalue weighted by atomic mass is 10.2. The van der Waals surface area contributed by atoms with Crippen LogP contribution < -0.4 is 5.43 Å². The van der Waals surface area contributed by atoms with Crippen molar-refractivity contribution in [1.29, 1.82) is 0 Å². The van der Waals surface area contributed by atoms with Gasteiger partial charge in [-0.1, -0.05) is 11.8 Å². The van der Waals surface area contributed by atoms with Gasteiger partial charge in [-0.15, -0.1) is 11.3 Å². The maximum Gasteiger partial charge on any atom is 0.341 e. The van der Waals surface area contributed by atoms with Gasteiger partial charge in [0.2, 0.25) is 5.43 Å². The predicted octanol–water partition coefficient (Wildman–Crippen LogP) is 1.66. The van der Waals surface area contributed by atoms with Crippen LogP contribution in [0.4, 0.5) is 0 Å². The molecule has 1 N–H and O–H groups in total. The van der Waals surface area contributed by atoms with Crippen LogP contribution in [0.25, 0.3) is 16.2 Å². The minimum absolute atomic E-state index is 0.155. The molecule has 3 heterocycles. The van der Waals surface area contributed by atoms with Crippen molar-refractivity contribution in [3.05, 3.63) is 39.8 Å². The molecule has 0 saturated carbocycles. The van der Waals surface area contributed by atoms with Crippen LogP contribution in [-0.2, 0) is 0 Å². The molecule has 3 aromatic rings. The molecule has 3 rings (SSSR count). The molecule has 0 fully saturated rings. The molecule has 0 aliphatic heterocycles. The Hall–Kier alpha value is -2.26. The van der Waals surface area contributed by atoms with Crippen LogP contribution in [-0.4, -0.2) is 36.9 Å². The van der Waals surface area contributed by atoms with Crippen molar-refractivity contribution in [3.63, 3.8) is 0 Å². The van der Waals surface area contributed by atoms with Gasteiger partial charge in [-0.3, -0.25) is 9.36 Å². The average Bonchev–Trinajstić information content (AvgIpc) is 3.01. The van der Waals surface area contributed by atoms with Crippen molar-refractivity contribution in [2.24, 2.45) is 0 Å². The zero-order valence-corrected chi connectivity index (χ0v) is 12.3. The monoisotopic (exact) mass is 320 g/mol. The van der Waals surface area contributed by atoms with Gasteiger partial charge in [0.25, 0.3) is 0 Å². The summed E-state index contributed by atoms with van der Waals surface area (Å²) in [4.78, 5) is 35.9. The molecule has 0 spiro atoms. The molecule has 0 atom stereocenters. The fraction of sp³-hybridized carbons (Fsp3) is 0.0833. The third kappa shape index (κ3) is 2.30. The van der Waals surface area contributed by atoms with Crippen LogP contribution in [0.2, 0.25) is 0 Å². The van der Waals surface area contributed by atoms with E-state index in [4.69, 9.17) is 0 Å². The Morgan fingerprint density at radius 1 is 1.43 bits per heavy atom. The number of thiazole rings is 1. The zero-order chi connectivity index (χ0) is 15.0. The SMILES string of the molecule is CSc1ncc2c(=O)c(C(=O)O)cn(-c3nccs3)c2n1. The highest BCUT2D eigenvalue weighted by atomic mass is 32.2. The number of rotatable bonds is 3. The number of carbonyl (C=O) groups is 1. The third-order valence-corrected chi connectivity index (χ3v) is 4.09. The summed E-state index contributed by atoms with van der Waals surface area (Å²) in [6.07, 6.45) is 6.02. The van der Waals surface area contributed by atoms with Gasteiger partial charge in [0.1, 0.15) is 5.56 Å². The minimum Gasteiger partial charge on any atom is -0.477 e. The Morgan fingerprint density at radius 2 is 2.24 bits per heavy atom. The Bertz CT molecular complexity index is 889. The molecule has 0 bridgehead atoms. The van der Waals surface area contributed by atoms with Crippen molar-refractivity contribution in [1.82, 2.24) is 19.5 Å². The first-order chi connectivity index (χ1) is 10.1. The molecule has 0 saturated heterocycles. The molecular formula is C12H8N4O3S2. The van der Waals surface area contributed by atoms with Crippen LogP contribution in [0, 0.1) is 0 Å². The van der Waals surface area contributed by atoms with Crippen molar-refractivity contribution >= 4 is 40.1 Å². The Kier molecular flexibility index (Phi) is 3.43. The largest absolute Gasteiger partial charge is 0.477 e. The second-order valence-corrected chi connectivity index (χ2v) is 5.60. The van der Waals surface area contributed by atoms with E-state index in [2.05, 4.69) is 15.0 Å². The van der Waals surface area contributed by atoms with Crippen molar-refractivity contribution in [3.8, 4) is 5.13 Å². The fourth-order valence-electron chi connectivity index (χ4n) is 1.83. The summed E-state index contributed by atoms with van der Waals surface area (Å²) in [5.41, 5.74) is -0.588. The number of pyridine rings is 1. The highest BCUT2D eigenvalue weighted by Crippen LogP contribution is 2.19. The van der Waals surface area contributed by atoms with Crippen LogP contribution in [0.15, 0.2) is 33.9 Å². The molecule has 0 amide bonds. The first kappa shape index (κ1) is 13.7. The summed E-state index contributed by atoms with van der Waals surface area (Å²) in [6, 6.07) is 0. The van der Waals surface area contributed by atoms with E-state index in [1.165, 1.54) is 40.1 Å². The van der Waals surface area contributed by atoms with Gasteiger partial charge in [-0.05, 0) is 6.26 Å². The number of hydrogen-bond acceptors (Lipinski definition) is 7. The molecule has 21 heavy (non-hydrogen) atoms. The summed E-state index contributed by atoms with van der Waals surface area (Å²) < 4.78 is 1.51. The second-order valence-electron chi connectivity index (χ2n) is 3.96. The summed E-state index contributed by atoms with van der Waals surface area (Å²) in [5, 5.41) is 12.1. The van der Waals surface area contributed by atoms with Gasteiger partial charge in [-0.2, -0.15) is 0 Å². The topological polar surface area (TPSA) is 98.0 Å². The van der Waals surface area contributed by atoms with E-state index in [9.17, 15) is 14.7 Å². The highest BCUT2D eigenvalue weighted by Gasteiger charge is 2.17. The number of hydrogen-bond donors (Lipinski definition) is 1. The molecule has 0 radical (unpaired) electrons. The Balaban J connectivity index is 2.45. The number of nitrogens with zero attached hydrogens (tertiary/aromatic N) is 4. The van der Waals surface area contributed by atoms with E-state index in [0.29, 0.717) is 15.9 Å². The van der Waals surface area contributed by atoms with E-state index >= 15 is 0 Å². The van der Waals surface area contributed by atoms with E-state index in [-0.39, 0.29) is 10.9 Å². The van der Waals surface area contributed by atoms with Gasteiger partial charge in [-0.25, -0.2) is 19.7 Å². The normalized spacial score (nSPS) is 10.9. The Labute approximate surface area is 126 Å². The lowest BCUT2D eigenvalue weighted by Crippen LogP contribution is -2.19. The lowest BCUT2D eigenvalue weighted by Gasteiger charge is -2.08. The van der Waals surface area contributed by atoms with E-state index < -0.39 is 11.4 Å². The van der Waals surface area contributed by atoms with Gasteiger partial charge in [0, 0.05) is 24.0 Å². The number of aromatic carboxylic acids is 1. The molecule has 106 valence electrons. The van der Waals surface area contributed by atoms with Crippen LogP contribution in [0.1, 0.15) is 10.4 Å². The van der Waals surface area contributed by atoms with Crippen molar-refractivity contribution in [2.75, 3.05) is 6.26 Å². The first-order valence-electron chi connectivity index (χ1n) is 5.71. The lowest BCUT2D eigenvalue weighted by molar-refractivity contribution is 0.0695. The maximum atomic E-state index is 12.2. The summed E-state index contributed by atoms with van der Waals surface area (Å²) in [7, 11) is 0. The molecule has 0 aliphatic carbocycles. The Morgan fingerprint density at radius 3 is 2.86 bits per heavy atom. The van der Waals surface area contributed by atoms with Gasteiger partial charge in [0.15, 0.2) is 15.9 Å². The number of aromatic nitrogens is 4. The number of carboxylic acid groups (broad SMARTS) is 1. The van der Waals surface area contributed by atoms with Crippen LogP contribution >= 0.6 is 23.1 Å². The van der Waals surface area contributed by atoms with Crippen LogP contribution in [0.5, 0.6) is 0 Å². The number of thioether (sulfide) groups is 1. The minimum atomic E-state index is -1.29. The van der Waals surface area contributed by atoms with Crippen molar-refractivity contribution in [2.45, 2.75) is 5.16 Å². The average molecular weight is 320 g/mol. The van der Waals surface area contributed by atoms with Gasteiger partial charge < -0.3 is 5.11 Å². The number of carboxylic acids is 1. The maximum absolute atomic E-state index is 12.2. The summed E-state index contributed by atoms with van der Waals surface area (Å²) >= 11 is 2.66. The molecule has 7 nitrogen and oxygen atoms in total. The van der Waals surface area contributed by atoms with Gasteiger partial charge >= 0.3 is 5.97 Å². The molecule has 0 aromatic carbocycles. The molecule has 3 aromatic heterocycles. The summed E-state index contributed by atoms with van der Waals surface area (Å²) in [5.74, 6) is -1.29. The molecule has 0 unspecified atom stereocenters. The number of fused-ring (bicyclic) bond motifs is 1. The standard InChI is InChI=1S/C12H8N4O3S2/c1-20-11-14-4-6-8(17)7(10(18)19)5-16(9(6)15-11)12-13-2-3-21-12/h2-5H,1H3,(H,18,19). The predicted molar refractivity (Wildman–Crippen MR) is 79.5 cm³/mol. The van der Waals surface area contributed by atoms with E-state index in [0.717, 1.165) is 0 Å². The van der Waals surface area contributed by atoms with Crippen molar-refractivity contribution < 1.29 is 9.90 Å². The highest BCUT2D eigenvalue weighted by molar-refractivity contribution is 7.98. The smallest absolute Gasteiger partial charge is 0.341 e. The molecule has 9 heteroatoms. The fourth-order valence-corrected chi connectivity index (χ4v) is 2.78. The molecular weight excluding hydrogens is 312 g/mol. The first-order valence-corrected chi connectivity index (χ1v) is 7.82. The van der Waals surface area contributed by atoms with E-state index in [1.807, 2.05) is 6.26 Å². The summed E-state index contributed by atoms with van der Waals surface area (Å²) in [6.45, 7) is 0. The van der Waals surface area contributed by atoms with E-state index in [1.54, 1.807) is 11.6 Å². The van der Waals surface area contributed by atoms with Crippen LogP contribution in [0.3, 0.4) is 0 Å².